The van der Waals surface area contributed by atoms with Crippen LogP contribution in [0.15, 0.2) is 64.6 Å². The molecule has 0 aliphatic carbocycles. The van der Waals surface area contributed by atoms with Crippen LogP contribution in [0.2, 0.25) is 0 Å². The first-order valence-corrected chi connectivity index (χ1v) is 9.33. The van der Waals surface area contributed by atoms with Crippen molar-refractivity contribution in [2.45, 2.75) is 12.8 Å². The third-order valence-corrected chi connectivity index (χ3v) is 5.56. The SMILES string of the molecule is CCOC(=O)C1=C(c2ccc(Br)cc2)SC[C@H]1c1ccccc1. The summed E-state index contributed by atoms with van der Waals surface area (Å²) in [6.07, 6.45) is 0. The van der Waals surface area contributed by atoms with E-state index >= 15 is 0 Å². The van der Waals surface area contributed by atoms with Crippen molar-refractivity contribution in [3.8, 4) is 0 Å². The Morgan fingerprint density at radius 3 is 2.52 bits per heavy atom. The van der Waals surface area contributed by atoms with Gasteiger partial charge in [0, 0.05) is 21.0 Å². The minimum Gasteiger partial charge on any atom is -0.463 e. The minimum absolute atomic E-state index is 0.0823. The maximum atomic E-state index is 12.6. The molecule has 3 rings (SSSR count). The third kappa shape index (κ3) is 3.54. The molecule has 0 amide bonds. The molecule has 118 valence electrons. The highest BCUT2D eigenvalue weighted by molar-refractivity contribution is 9.10. The van der Waals surface area contributed by atoms with Crippen LogP contribution in [0.4, 0.5) is 0 Å². The van der Waals surface area contributed by atoms with Crippen LogP contribution in [0.1, 0.15) is 24.0 Å². The largest absolute Gasteiger partial charge is 0.463 e. The van der Waals surface area contributed by atoms with Crippen molar-refractivity contribution < 1.29 is 9.53 Å². The topological polar surface area (TPSA) is 26.3 Å². The van der Waals surface area contributed by atoms with Crippen molar-refractivity contribution in [3.05, 3.63) is 75.8 Å². The average molecular weight is 389 g/mol. The number of rotatable bonds is 4. The van der Waals surface area contributed by atoms with Gasteiger partial charge in [0.25, 0.3) is 0 Å². The molecule has 0 saturated heterocycles. The number of carbonyl (C=O) groups is 1. The van der Waals surface area contributed by atoms with Gasteiger partial charge in [0.2, 0.25) is 0 Å². The summed E-state index contributed by atoms with van der Waals surface area (Å²) in [5.74, 6) is 0.743. The lowest BCUT2D eigenvalue weighted by Crippen LogP contribution is -2.14. The van der Waals surface area contributed by atoms with Gasteiger partial charge in [-0.15, -0.1) is 11.8 Å². The fraction of sp³-hybridized carbons (Fsp3) is 0.211. The van der Waals surface area contributed by atoms with E-state index in [4.69, 9.17) is 4.74 Å². The normalized spacial score (nSPS) is 17.4. The van der Waals surface area contributed by atoms with E-state index in [2.05, 4.69) is 28.1 Å². The molecule has 0 bridgehead atoms. The predicted molar refractivity (Wildman–Crippen MR) is 99.3 cm³/mol. The van der Waals surface area contributed by atoms with E-state index in [-0.39, 0.29) is 11.9 Å². The molecule has 1 heterocycles. The van der Waals surface area contributed by atoms with Gasteiger partial charge in [0.1, 0.15) is 0 Å². The quantitative estimate of drug-likeness (QED) is 0.668. The summed E-state index contributed by atoms with van der Waals surface area (Å²) in [7, 11) is 0. The van der Waals surface area contributed by atoms with E-state index in [1.165, 1.54) is 0 Å². The van der Waals surface area contributed by atoms with E-state index in [0.717, 1.165) is 31.8 Å². The summed E-state index contributed by atoms with van der Waals surface area (Å²) in [5.41, 5.74) is 3.01. The van der Waals surface area contributed by atoms with Crippen molar-refractivity contribution in [2.24, 2.45) is 0 Å². The van der Waals surface area contributed by atoms with Gasteiger partial charge in [-0.2, -0.15) is 0 Å². The first-order chi connectivity index (χ1) is 11.2. The number of ether oxygens (including phenoxy) is 1. The van der Waals surface area contributed by atoms with Crippen LogP contribution in [0, 0.1) is 0 Å². The van der Waals surface area contributed by atoms with Gasteiger partial charge in [0.15, 0.2) is 0 Å². The molecular weight excluding hydrogens is 372 g/mol. The Balaban J connectivity index is 2.06. The molecule has 2 nitrogen and oxygen atoms in total. The molecule has 23 heavy (non-hydrogen) atoms. The Labute approximate surface area is 149 Å². The Bertz CT molecular complexity index is 723. The van der Waals surface area contributed by atoms with E-state index in [1.807, 2.05) is 49.4 Å². The molecule has 0 fully saturated rings. The fourth-order valence-electron chi connectivity index (χ4n) is 2.72. The number of hydrogen-bond donors (Lipinski definition) is 0. The summed E-state index contributed by atoms with van der Waals surface area (Å²) >= 11 is 5.19. The summed E-state index contributed by atoms with van der Waals surface area (Å²) in [6, 6.07) is 18.3. The van der Waals surface area contributed by atoms with E-state index in [0.29, 0.717) is 6.61 Å². The van der Waals surface area contributed by atoms with Gasteiger partial charge in [-0.25, -0.2) is 4.79 Å². The molecular formula is C19H17BrO2S. The maximum Gasteiger partial charge on any atom is 0.335 e. The first kappa shape index (κ1) is 16.3. The maximum absolute atomic E-state index is 12.6. The molecule has 1 aliphatic heterocycles. The third-order valence-electron chi connectivity index (χ3n) is 3.79. The van der Waals surface area contributed by atoms with Crippen LogP contribution in [0.3, 0.4) is 0 Å². The van der Waals surface area contributed by atoms with Gasteiger partial charge in [-0.3, -0.25) is 0 Å². The van der Waals surface area contributed by atoms with Crippen molar-refractivity contribution in [3.63, 3.8) is 0 Å². The highest BCUT2D eigenvalue weighted by Gasteiger charge is 2.33. The lowest BCUT2D eigenvalue weighted by molar-refractivity contribution is -0.138. The predicted octanol–water partition coefficient (Wildman–Crippen LogP) is 5.25. The minimum atomic E-state index is -0.204. The van der Waals surface area contributed by atoms with E-state index in [9.17, 15) is 4.79 Å². The second kappa shape index (κ2) is 7.37. The highest BCUT2D eigenvalue weighted by atomic mass is 79.9. The molecule has 0 spiro atoms. The van der Waals surface area contributed by atoms with Crippen LogP contribution < -0.4 is 0 Å². The molecule has 1 atom stereocenters. The molecule has 2 aromatic rings. The Kier molecular flexibility index (Phi) is 5.23. The van der Waals surface area contributed by atoms with Crippen molar-refractivity contribution in [2.75, 3.05) is 12.4 Å². The van der Waals surface area contributed by atoms with Gasteiger partial charge >= 0.3 is 5.97 Å². The number of carbonyl (C=O) groups excluding carboxylic acids is 1. The van der Waals surface area contributed by atoms with Crippen LogP contribution in [-0.4, -0.2) is 18.3 Å². The summed E-state index contributed by atoms with van der Waals surface area (Å²) in [5, 5.41) is 0. The second-order valence-electron chi connectivity index (χ2n) is 5.24. The number of benzene rings is 2. The van der Waals surface area contributed by atoms with Crippen LogP contribution in [0.5, 0.6) is 0 Å². The standard InChI is InChI=1S/C19H17BrO2S/c1-2-22-19(21)17-16(13-6-4-3-5-7-13)12-23-18(17)14-8-10-15(20)11-9-14/h3-11,16H,2,12H2,1H3/t16-/m0/s1. The van der Waals surface area contributed by atoms with Crippen molar-refractivity contribution in [1.82, 2.24) is 0 Å². The number of halogens is 1. The molecule has 0 unspecified atom stereocenters. The van der Waals surface area contributed by atoms with Crippen molar-refractivity contribution >= 4 is 38.6 Å². The summed E-state index contributed by atoms with van der Waals surface area (Å²) in [4.78, 5) is 13.6. The summed E-state index contributed by atoms with van der Waals surface area (Å²) < 4.78 is 6.36. The zero-order chi connectivity index (χ0) is 16.2. The van der Waals surface area contributed by atoms with Crippen molar-refractivity contribution in [1.29, 1.82) is 0 Å². The Morgan fingerprint density at radius 2 is 1.87 bits per heavy atom. The number of hydrogen-bond acceptors (Lipinski definition) is 3. The molecule has 0 N–H and O–H groups in total. The lowest BCUT2D eigenvalue weighted by atomic mass is 9.91. The van der Waals surface area contributed by atoms with Crippen LogP contribution >= 0.6 is 27.7 Å². The van der Waals surface area contributed by atoms with E-state index in [1.54, 1.807) is 11.8 Å². The summed E-state index contributed by atoms with van der Waals surface area (Å²) in [6.45, 7) is 2.24. The van der Waals surface area contributed by atoms with E-state index < -0.39 is 0 Å². The molecule has 0 aromatic heterocycles. The second-order valence-corrected chi connectivity index (χ2v) is 7.19. The Hall–Kier alpha value is -1.52. The number of esters is 1. The Morgan fingerprint density at radius 1 is 1.17 bits per heavy atom. The molecule has 4 heteroatoms. The van der Waals surface area contributed by atoms with Crippen LogP contribution in [0.25, 0.3) is 4.91 Å². The zero-order valence-electron chi connectivity index (χ0n) is 12.8. The van der Waals surface area contributed by atoms with Gasteiger partial charge in [-0.1, -0.05) is 58.4 Å². The van der Waals surface area contributed by atoms with Gasteiger partial charge in [0.05, 0.1) is 12.2 Å². The lowest BCUT2D eigenvalue weighted by Gasteiger charge is -2.14. The van der Waals surface area contributed by atoms with Gasteiger partial charge < -0.3 is 4.74 Å². The zero-order valence-corrected chi connectivity index (χ0v) is 15.2. The highest BCUT2D eigenvalue weighted by Crippen LogP contribution is 2.47. The van der Waals surface area contributed by atoms with Crippen LogP contribution in [-0.2, 0) is 9.53 Å². The number of thioether (sulfide) groups is 1. The molecule has 0 radical (unpaired) electrons. The molecule has 1 aliphatic rings. The molecule has 0 saturated carbocycles. The first-order valence-electron chi connectivity index (χ1n) is 7.55. The fourth-order valence-corrected chi connectivity index (χ4v) is 4.36. The van der Waals surface area contributed by atoms with Gasteiger partial charge in [-0.05, 0) is 30.2 Å². The smallest absolute Gasteiger partial charge is 0.335 e. The molecule has 2 aromatic carbocycles. The average Bonchev–Trinajstić information content (AvgIpc) is 3.01. The monoisotopic (exact) mass is 388 g/mol.